The Morgan fingerprint density at radius 3 is 2.22 bits per heavy atom. The van der Waals surface area contributed by atoms with E-state index in [-0.39, 0.29) is 31.8 Å². The van der Waals surface area contributed by atoms with Crippen molar-refractivity contribution >= 4 is 33.0 Å². The van der Waals surface area contributed by atoms with Crippen molar-refractivity contribution in [3.8, 4) is 22.4 Å². The van der Waals surface area contributed by atoms with E-state index in [4.69, 9.17) is 23.2 Å². The molecule has 3 aromatic rings. The van der Waals surface area contributed by atoms with Crippen LogP contribution in [0.4, 0.5) is 13.2 Å². The van der Waals surface area contributed by atoms with Gasteiger partial charge >= 0.3 is 6.18 Å². The lowest BCUT2D eigenvalue weighted by Gasteiger charge is -2.11. The number of H-pyrrole nitrogens is 1. The van der Waals surface area contributed by atoms with Crippen LogP contribution in [0.5, 0.6) is 0 Å². The number of aromatic nitrogens is 2. The van der Waals surface area contributed by atoms with Crippen LogP contribution in [0.2, 0.25) is 10.0 Å². The highest BCUT2D eigenvalue weighted by Crippen LogP contribution is 2.44. The van der Waals surface area contributed by atoms with Crippen molar-refractivity contribution < 1.29 is 21.6 Å². The number of halogens is 5. The second-order valence-corrected chi connectivity index (χ2v) is 8.60. The van der Waals surface area contributed by atoms with Gasteiger partial charge < -0.3 is 0 Å². The number of hydrogen-bond acceptors (Lipinski definition) is 3. The first-order valence-corrected chi connectivity index (χ1v) is 10.0. The van der Waals surface area contributed by atoms with Crippen LogP contribution in [-0.4, -0.2) is 24.9 Å². The third kappa shape index (κ3) is 3.97. The number of nitrogens with zero attached hydrogens (tertiary/aromatic N) is 1. The molecule has 0 bridgehead atoms. The molecule has 0 amide bonds. The van der Waals surface area contributed by atoms with E-state index in [9.17, 15) is 21.6 Å². The number of hydrogen-bond donors (Lipinski definition) is 1. The quantitative estimate of drug-likeness (QED) is 0.593. The van der Waals surface area contributed by atoms with E-state index >= 15 is 0 Å². The predicted molar refractivity (Wildman–Crippen MR) is 97.6 cm³/mol. The molecule has 10 heteroatoms. The summed E-state index contributed by atoms with van der Waals surface area (Å²) in [5.74, 6) is 0. The Balaban J connectivity index is 2.26. The van der Waals surface area contributed by atoms with Crippen LogP contribution in [0.1, 0.15) is 5.69 Å². The van der Waals surface area contributed by atoms with Gasteiger partial charge in [0.05, 0.1) is 4.90 Å². The molecule has 0 saturated carbocycles. The molecule has 0 aliphatic heterocycles. The maximum absolute atomic E-state index is 13.5. The fourth-order valence-electron chi connectivity index (χ4n) is 2.57. The Morgan fingerprint density at radius 2 is 1.67 bits per heavy atom. The number of aromatic amines is 1. The maximum Gasteiger partial charge on any atom is 0.433 e. The Morgan fingerprint density at radius 1 is 1.04 bits per heavy atom. The van der Waals surface area contributed by atoms with Gasteiger partial charge in [0.15, 0.2) is 9.84 Å². The maximum atomic E-state index is 13.5. The molecule has 0 saturated heterocycles. The molecular formula is C17H11Cl2F3N2O2S. The van der Waals surface area contributed by atoms with Crippen LogP contribution >= 0.6 is 23.2 Å². The molecule has 0 fully saturated rings. The fraction of sp³-hybridized carbons (Fsp3) is 0.118. The van der Waals surface area contributed by atoms with E-state index < -0.39 is 21.7 Å². The molecule has 0 unspecified atom stereocenters. The number of alkyl halides is 3. The summed E-state index contributed by atoms with van der Waals surface area (Å²) in [6, 6.07) is 9.54. The molecule has 1 aromatic heterocycles. The summed E-state index contributed by atoms with van der Waals surface area (Å²) in [6.45, 7) is 0. The first kappa shape index (κ1) is 19.7. The van der Waals surface area contributed by atoms with E-state index in [1.165, 1.54) is 42.5 Å². The Kier molecular flexibility index (Phi) is 5.00. The molecule has 0 aliphatic rings. The molecule has 0 aliphatic carbocycles. The van der Waals surface area contributed by atoms with Gasteiger partial charge in [-0.05, 0) is 30.3 Å². The molecule has 0 radical (unpaired) electrons. The minimum atomic E-state index is -4.71. The monoisotopic (exact) mass is 434 g/mol. The van der Waals surface area contributed by atoms with E-state index in [1.807, 2.05) is 5.10 Å². The van der Waals surface area contributed by atoms with Gasteiger partial charge in [0, 0.05) is 33.0 Å². The van der Waals surface area contributed by atoms with Crippen LogP contribution in [0.25, 0.3) is 22.4 Å². The Labute approximate surface area is 162 Å². The average molecular weight is 435 g/mol. The van der Waals surface area contributed by atoms with Crippen LogP contribution < -0.4 is 0 Å². The molecule has 27 heavy (non-hydrogen) atoms. The highest BCUT2D eigenvalue weighted by atomic mass is 35.5. The van der Waals surface area contributed by atoms with Crippen LogP contribution in [0, 0.1) is 0 Å². The van der Waals surface area contributed by atoms with Crippen molar-refractivity contribution in [1.29, 1.82) is 0 Å². The average Bonchev–Trinajstić information content (AvgIpc) is 3.01. The third-order valence-electron chi connectivity index (χ3n) is 3.80. The van der Waals surface area contributed by atoms with Crippen molar-refractivity contribution in [2.45, 2.75) is 11.1 Å². The summed E-state index contributed by atoms with van der Waals surface area (Å²) in [5.41, 5.74) is -1.00. The molecule has 142 valence electrons. The minimum absolute atomic E-state index is 0.0217. The van der Waals surface area contributed by atoms with Gasteiger partial charge in [-0.15, -0.1) is 0 Å². The van der Waals surface area contributed by atoms with Gasteiger partial charge in [0.25, 0.3) is 0 Å². The zero-order valence-corrected chi connectivity index (χ0v) is 15.9. The summed E-state index contributed by atoms with van der Waals surface area (Å²) < 4.78 is 63.6. The predicted octanol–water partition coefficient (Wildman–Crippen LogP) is 5.47. The van der Waals surface area contributed by atoms with Crippen molar-refractivity contribution in [2.75, 3.05) is 6.26 Å². The first-order valence-electron chi connectivity index (χ1n) is 7.40. The van der Waals surface area contributed by atoms with E-state index in [2.05, 4.69) is 5.10 Å². The lowest BCUT2D eigenvalue weighted by molar-refractivity contribution is -0.140. The zero-order valence-electron chi connectivity index (χ0n) is 13.6. The van der Waals surface area contributed by atoms with E-state index in [0.29, 0.717) is 5.56 Å². The van der Waals surface area contributed by atoms with E-state index in [1.54, 1.807) is 0 Å². The second-order valence-electron chi connectivity index (χ2n) is 5.74. The first-order chi connectivity index (χ1) is 12.5. The van der Waals surface area contributed by atoms with Crippen molar-refractivity contribution in [2.24, 2.45) is 0 Å². The Hall–Kier alpha value is -2.03. The van der Waals surface area contributed by atoms with E-state index in [0.717, 1.165) is 6.26 Å². The number of rotatable bonds is 3. The molecule has 3 rings (SSSR count). The lowest BCUT2D eigenvalue weighted by Crippen LogP contribution is -2.07. The fourth-order valence-corrected chi connectivity index (χ4v) is 3.58. The minimum Gasteiger partial charge on any atom is -0.272 e. The van der Waals surface area contributed by atoms with Crippen molar-refractivity contribution in [3.05, 3.63) is 58.2 Å². The molecule has 0 spiro atoms. The van der Waals surface area contributed by atoms with Crippen LogP contribution in [0.15, 0.2) is 47.4 Å². The van der Waals surface area contributed by atoms with Gasteiger partial charge in [-0.25, -0.2) is 8.42 Å². The highest BCUT2D eigenvalue weighted by Gasteiger charge is 2.38. The normalized spacial score (nSPS) is 12.4. The summed E-state index contributed by atoms with van der Waals surface area (Å²) in [6.07, 6.45) is -3.67. The second kappa shape index (κ2) is 6.85. The number of benzene rings is 2. The van der Waals surface area contributed by atoms with Crippen LogP contribution in [0.3, 0.4) is 0 Å². The smallest absolute Gasteiger partial charge is 0.272 e. The van der Waals surface area contributed by atoms with Gasteiger partial charge in [0.1, 0.15) is 11.4 Å². The molecule has 4 nitrogen and oxygen atoms in total. The van der Waals surface area contributed by atoms with Crippen molar-refractivity contribution in [3.63, 3.8) is 0 Å². The summed E-state index contributed by atoms with van der Waals surface area (Å²) >= 11 is 12.0. The molecule has 2 aromatic carbocycles. The third-order valence-corrected chi connectivity index (χ3v) is 5.50. The Bertz CT molecular complexity index is 1110. The largest absolute Gasteiger partial charge is 0.433 e. The molecule has 1 heterocycles. The SMILES string of the molecule is CS(=O)(=O)c1ccc(-c2n[nH]c(C(F)(F)F)c2-c2cc(Cl)ccc2Cl)cc1. The number of nitrogens with one attached hydrogen (secondary N) is 1. The number of sulfone groups is 1. The topological polar surface area (TPSA) is 62.8 Å². The van der Waals surface area contributed by atoms with Gasteiger partial charge in [-0.2, -0.15) is 18.3 Å². The van der Waals surface area contributed by atoms with Gasteiger partial charge in [0.2, 0.25) is 0 Å². The standard InChI is InChI=1S/C17H11Cl2F3N2O2S/c1-27(25,26)11-5-2-9(3-6-11)15-14(16(24-23-15)17(20,21)22)12-8-10(18)4-7-13(12)19/h2-8H,1H3,(H,23,24). The molecule has 0 atom stereocenters. The van der Waals surface area contributed by atoms with Gasteiger partial charge in [-0.1, -0.05) is 35.3 Å². The lowest BCUT2D eigenvalue weighted by atomic mass is 9.98. The highest BCUT2D eigenvalue weighted by molar-refractivity contribution is 7.90. The van der Waals surface area contributed by atoms with Crippen LogP contribution in [-0.2, 0) is 16.0 Å². The van der Waals surface area contributed by atoms with Crippen molar-refractivity contribution in [1.82, 2.24) is 10.2 Å². The van der Waals surface area contributed by atoms with Gasteiger partial charge in [-0.3, -0.25) is 5.10 Å². The molecular weight excluding hydrogens is 424 g/mol. The summed E-state index contributed by atoms with van der Waals surface area (Å²) in [5, 5.41) is 6.08. The summed E-state index contributed by atoms with van der Waals surface area (Å²) in [7, 11) is -3.44. The molecule has 1 N–H and O–H groups in total. The zero-order chi connectivity index (χ0) is 20.0. The summed E-state index contributed by atoms with van der Waals surface area (Å²) in [4.78, 5) is 0.0418.